The summed E-state index contributed by atoms with van der Waals surface area (Å²) >= 11 is 10.6. The highest BCUT2D eigenvalue weighted by molar-refractivity contribution is 8.00. The number of hydrogen-bond acceptors (Lipinski definition) is 5. The second-order valence-electron chi connectivity index (χ2n) is 4.90. The average molecular weight is 373 g/mol. The molecule has 2 heterocycles. The third-order valence-corrected chi connectivity index (χ3v) is 6.88. The van der Waals surface area contributed by atoms with Gasteiger partial charge in [-0.2, -0.15) is 0 Å². The third-order valence-electron chi connectivity index (χ3n) is 3.44. The molecular weight excluding hydrogens is 360 g/mol. The van der Waals surface area contributed by atoms with Gasteiger partial charge in [0, 0.05) is 10.9 Å². The van der Waals surface area contributed by atoms with Gasteiger partial charge in [0.05, 0.1) is 21.8 Å². The van der Waals surface area contributed by atoms with E-state index in [1.807, 2.05) is 18.2 Å². The first-order valence-electron chi connectivity index (χ1n) is 7.03. The fourth-order valence-corrected chi connectivity index (χ4v) is 5.60. The number of thioether (sulfide) groups is 1. The van der Waals surface area contributed by atoms with Crippen LogP contribution in [0.25, 0.3) is 21.5 Å². The summed E-state index contributed by atoms with van der Waals surface area (Å²) in [7, 11) is 0. The zero-order chi connectivity index (χ0) is 15.6. The lowest BCUT2D eigenvalue weighted by Crippen LogP contribution is -1.93. The monoisotopic (exact) mass is 372 g/mol. The van der Waals surface area contributed by atoms with E-state index >= 15 is 0 Å². The molecule has 2 aromatic heterocycles. The first-order chi connectivity index (χ1) is 11.3. The lowest BCUT2D eigenvalue weighted by atomic mass is 10.2. The lowest BCUT2D eigenvalue weighted by molar-refractivity contribution is 0.935. The molecule has 0 radical (unpaired) electrons. The number of nitrogens with zero attached hydrogens (tertiary/aromatic N) is 2. The molecule has 114 valence electrons. The quantitative estimate of drug-likeness (QED) is 0.309. The molecule has 0 aliphatic heterocycles. The number of para-hydroxylation sites is 1. The summed E-state index contributed by atoms with van der Waals surface area (Å²) in [6, 6.07) is 18.6. The molecule has 2 aromatic carbocycles. The molecule has 4 aromatic rings. The first kappa shape index (κ1) is 15.1. The standard InChI is InChI=1S/C17H12N2S4/c20-17-19(14-8-4-5-9-15(14)23-17)11-22-16-18-13(10-21-16)12-6-2-1-3-7-12/h1-10H,11H2. The zero-order valence-electron chi connectivity index (χ0n) is 12.0. The molecule has 23 heavy (non-hydrogen) atoms. The average Bonchev–Trinajstić information content (AvgIpc) is 3.18. The van der Waals surface area contributed by atoms with E-state index in [1.165, 1.54) is 10.2 Å². The second-order valence-corrected chi connectivity index (χ2v) is 8.63. The molecule has 0 atom stereocenters. The van der Waals surface area contributed by atoms with Crippen molar-refractivity contribution in [3.63, 3.8) is 0 Å². The molecular formula is C17H12N2S4. The van der Waals surface area contributed by atoms with Gasteiger partial charge in [0.25, 0.3) is 0 Å². The molecule has 6 heteroatoms. The minimum absolute atomic E-state index is 0.796. The van der Waals surface area contributed by atoms with Gasteiger partial charge >= 0.3 is 0 Å². The summed E-state index contributed by atoms with van der Waals surface area (Å²) in [5.74, 6) is 0.796. The van der Waals surface area contributed by atoms with Gasteiger partial charge in [-0.25, -0.2) is 4.98 Å². The molecule has 0 saturated carbocycles. The summed E-state index contributed by atoms with van der Waals surface area (Å²) < 4.78 is 5.41. The van der Waals surface area contributed by atoms with Crippen LogP contribution in [0.3, 0.4) is 0 Å². The molecule has 0 unspecified atom stereocenters. The van der Waals surface area contributed by atoms with E-state index in [9.17, 15) is 0 Å². The van der Waals surface area contributed by atoms with Crippen molar-refractivity contribution < 1.29 is 0 Å². The molecule has 0 bridgehead atoms. The summed E-state index contributed by atoms with van der Waals surface area (Å²) in [5.41, 5.74) is 3.40. The van der Waals surface area contributed by atoms with E-state index < -0.39 is 0 Å². The number of thiazole rings is 2. The molecule has 0 N–H and O–H groups in total. The van der Waals surface area contributed by atoms with Crippen LogP contribution in [0, 0.1) is 3.95 Å². The molecule has 0 spiro atoms. The first-order valence-corrected chi connectivity index (χ1v) is 10.1. The van der Waals surface area contributed by atoms with Gasteiger partial charge in [-0.05, 0) is 24.4 Å². The maximum Gasteiger partial charge on any atom is 0.162 e. The van der Waals surface area contributed by atoms with Crippen LogP contribution in [-0.2, 0) is 5.88 Å². The Hall–Kier alpha value is -1.47. The van der Waals surface area contributed by atoms with Crippen molar-refractivity contribution in [2.75, 3.05) is 0 Å². The van der Waals surface area contributed by atoms with Crippen LogP contribution in [0.5, 0.6) is 0 Å². The zero-order valence-corrected chi connectivity index (χ0v) is 15.3. The Bertz CT molecular complexity index is 998. The van der Waals surface area contributed by atoms with Gasteiger partial charge in [0.15, 0.2) is 8.29 Å². The van der Waals surface area contributed by atoms with Crippen molar-refractivity contribution in [3.8, 4) is 11.3 Å². The maximum atomic E-state index is 5.50. The summed E-state index contributed by atoms with van der Waals surface area (Å²) in [4.78, 5) is 4.73. The Morgan fingerprint density at radius 2 is 1.83 bits per heavy atom. The van der Waals surface area contributed by atoms with E-state index in [1.54, 1.807) is 34.4 Å². The maximum absolute atomic E-state index is 5.50. The van der Waals surface area contributed by atoms with Crippen molar-refractivity contribution in [3.05, 3.63) is 63.9 Å². The Balaban J connectivity index is 1.56. The fourth-order valence-electron chi connectivity index (χ4n) is 2.32. The minimum atomic E-state index is 0.796. The van der Waals surface area contributed by atoms with Gasteiger partial charge in [-0.1, -0.05) is 54.2 Å². The molecule has 4 rings (SSSR count). The van der Waals surface area contributed by atoms with Crippen LogP contribution in [0.2, 0.25) is 0 Å². The van der Waals surface area contributed by atoms with Gasteiger partial charge in [-0.3, -0.25) is 0 Å². The Morgan fingerprint density at radius 3 is 2.70 bits per heavy atom. The van der Waals surface area contributed by atoms with Crippen LogP contribution in [0.4, 0.5) is 0 Å². The van der Waals surface area contributed by atoms with Gasteiger partial charge < -0.3 is 4.57 Å². The predicted molar refractivity (Wildman–Crippen MR) is 104 cm³/mol. The third kappa shape index (κ3) is 3.12. The number of benzene rings is 2. The van der Waals surface area contributed by atoms with Crippen LogP contribution in [0.1, 0.15) is 0 Å². The lowest BCUT2D eigenvalue weighted by Gasteiger charge is -2.02. The summed E-state index contributed by atoms with van der Waals surface area (Å²) in [5, 5.41) is 2.11. The van der Waals surface area contributed by atoms with Gasteiger partial charge in [0.1, 0.15) is 0 Å². The van der Waals surface area contributed by atoms with Crippen molar-refractivity contribution in [2.24, 2.45) is 0 Å². The number of aromatic nitrogens is 2. The minimum Gasteiger partial charge on any atom is -0.313 e. The van der Waals surface area contributed by atoms with Gasteiger partial charge in [-0.15, -0.1) is 22.7 Å². The number of rotatable bonds is 4. The number of hydrogen-bond donors (Lipinski definition) is 0. The van der Waals surface area contributed by atoms with Gasteiger partial charge in [0.2, 0.25) is 0 Å². The molecule has 0 amide bonds. The van der Waals surface area contributed by atoms with E-state index in [0.29, 0.717) is 0 Å². The SMILES string of the molecule is S=c1sc2ccccc2n1CSc1nc(-c2ccccc2)cs1. The molecule has 0 fully saturated rings. The predicted octanol–water partition coefficient (Wildman–Crippen LogP) is 6.31. The van der Waals surface area contributed by atoms with Crippen molar-refractivity contribution in [2.45, 2.75) is 10.2 Å². The van der Waals surface area contributed by atoms with E-state index in [-0.39, 0.29) is 0 Å². The van der Waals surface area contributed by atoms with Crippen LogP contribution in [0.15, 0.2) is 64.3 Å². The normalized spacial score (nSPS) is 11.1. The summed E-state index contributed by atoms with van der Waals surface area (Å²) in [6.45, 7) is 0. The highest BCUT2D eigenvalue weighted by atomic mass is 32.2. The van der Waals surface area contributed by atoms with Crippen LogP contribution in [-0.4, -0.2) is 9.55 Å². The van der Waals surface area contributed by atoms with E-state index in [0.717, 1.165) is 25.4 Å². The Morgan fingerprint density at radius 1 is 1.04 bits per heavy atom. The summed E-state index contributed by atoms with van der Waals surface area (Å²) in [6.07, 6.45) is 0. The molecule has 0 aliphatic carbocycles. The highest BCUT2D eigenvalue weighted by Crippen LogP contribution is 2.31. The smallest absolute Gasteiger partial charge is 0.162 e. The Labute approximate surface area is 151 Å². The van der Waals surface area contributed by atoms with E-state index in [2.05, 4.69) is 46.3 Å². The van der Waals surface area contributed by atoms with Crippen molar-refractivity contribution in [1.82, 2.24) is 9.55 Å². The van der Waals surface area contributed by atoms with E-state index in [4.69, 9.17) is 17.2 Å². The second kappa shape index (κ2) is 6.57. The van der Waals surface area contributed by atoms with Crippen molar-refractivity contribution >= 4 is 56.9 Å². The Kier molecular flexibility index (Phi) is 4.31. The molecule has 2 nitrogen and oxygen atoms in total. The van der Waals surface area contributed by atoms with Crippen LogP contribution < -0.4 is 0 Å². The fraction of sp³-hybridized carbons (Fsp3) is 0.0588. The molecule has 0 aliphatic rings. The van der Waals surface area contributed by atoms with Crippen molar-refractivity contribution in [1.29, 1.82) is 0 Å². The van der Waals surface area contributed by atoms with Crippen LogP contribution >= 0.6 is 46.7 Å². The largest absolute Gasteiger partial charge is 0.313 e. The topological polar surface area (TPSA) is 17.8 Å². The number of fused-ring (bicyclic) bond motifs is 1. The molecule has 0 saturated heterocycles. The highest BCUT2D eigenvalue weighted by Gasteiger charge is 2.08.